The van der Waals surface area contributed by atoms with Gasteiger partial charge in [0.15, 0.2) is 5.82 Å². The van der Waals surface area contributed by atoms with E-state index < -0.39 is 0 Å². The third-order valence-corrected chi connectivity index (χ3v) is 3.74. The van der Waals surface area contributed by atoms with Crippen LogP contribution in [0.4, 0.5) is 5.82 Å². The molecule has 0 fully saturated rings. The molecule has 25 heavy (non-hydrogen) atoms. The lowest BCUT2D eigenvalue weighted by atomic mass is 10.1. The van der Waals surface area contributed by atoms with Crippen LogP contribution >= 0.6 is 0 Å². The van der Waals surface area contributed by atoms with Gasteiger partial charge in [-0.25, -0.2) is 0 Å². The third-order valence-electron chi connectivity index (χ3n) is 3.74. The number of benzene rings is 2. The topological polar surface area (TPSA) is 56.1 Å². The summed E-state index contributed by atoms with van der Waals surface area (Å²) >= 11 is 0. The van der Waals surface area contributed by atoms with Crippen molar-refractivity contribution in [1.82, 2.24) is 9.78 Å². The van der Waals surface area contributed by atoms with Gasteiger partial charge in [-0.3, -0.25) is 9.48 Å². The number of ether oxygens (including phenoxy) is 1. The highest BCUT2D eigenvalue weighted by molar-refractivity contribution is 6.05. The molecule has 5 nitrogen and oxygen atoms in total. The van der Waals surface area contributed by atoms with E-state index in [4.69, 9.17) is 4.74 Å². The maximum absolute atomic E-state index is 12.5. The van der Waals surface area contributed by atoms with Crippen molar-refractivity contribution in [2.45, 2.75) is 20.4 Å². The van der Waals surface area contributed by atoms with E-state index in [9.17, 15) is 4.79 Å². The Kier molecular flexibility index (Phi) is 5.14. The normalized spacial score (nSPS) is 10.5. The first-order valence-corrected chi connectivity index (χ1v) is 8.28. The lowest BCUT2D eigenvalue weighted by molar-refractivity contribution is 0.102. The molecule has 0 unspecified atom stereocenters. The van der Waals surface area contributed by atoms with Gasteiger partial charge in [-0.15, -0.1) is 0 Å². The molecule has 0 aliphatic heterocycles. The van der Waals surface area contributed by atoms with Crippen LogP contribution in [0.25, 0.3) is 0 Å². The Morgan fingerprint density at radius 3 is 2.80 bits per heavy atom. The van der Waals surface area contributed by atoms with Crippen molar-refractivity contribution in [3.63, 3.8) is 0 Å². The predicted molar refractivity (Wildman–Crippen MR) is 98.1 cm³/mol. The van der Waals surface area contributed by atoms with Crippen molar-refractivity contribution in [3.8, 4) is 5.75 Å². The zero-order valence-corrected chi connectivity index (χ0v) is 14.4. The second-order valence-electron chi connectivity index (χ2n) is 5.77. The van der Waals surface area contributed by atoms with Crippen LogP contribution < -0.4 is 10.1 Å². The number of rotatable bonds is 6. The van der Waals surface area contributed by atoms with Crippen LogP contribution in [0.15, 0.2) is 60.8 Å². The van der Waals surface area contributed by atoms with Gasteiger partial charge < -0.3 is 10.1 Å². The predicted octanol–water partition coefficient (Wildman–Crippen LogP) is 3.89. The molecular formula is C20H21N3O2. The van der Waals surface area contributed by atoms with E-state index in [2.05, 4.69) is 35.5 Å². The van der Waals surface area contributed by atoms with Crippen LogP contribution in [0.1, 0.15) is 28.4 Å². The molecule has 1 heterocycles. The summed E-state index contributed by atoms with van der Waals surface area (Å²) in [5, 5.41) is 7.24. The highest BCUT2D eigenvalue weighted by Gasteiger charge is 2.13. The Balaban J connectivity index is 1.70. The number of nitrogens with one attached hydrogen (secondary N) is 1. The van der Waals surface area contributed by atoms with E-state index in [1.807, 2.05) is 31.3 Å². The summed E-state index contributed by atoms with van der Waals surface area (Å²) < 4.78 is 7.31. The first kappa shape index (κ1) is 16.8. The van der Waals surface area contributed by atoms with Crippen molar-refractivity contribution in [2.24, 2.45) is 0 Å². The van der Waals surface area contributed by atoms with E-state index in [1.165, 1.54) is 11.1 Å². The Morgan fingerprint density at radius 1 is 1.16 bits per heavy atom. The summed E-state index contributed by atoms with van der Waals surface area (Å²) in [6, 6.07) is 17.3. The fraction of sp³-hybridized carbons (Fsp3) is 0.200. The molecule has 0 saturated carbocycles. The lowest BCUT2D eigenvalue weighted by Gasteiger charge is -2.09. The average Bonchev–Trinajstić information content (AvgIpc) is 3.02. The Labute approximate surface area is 147 Å². The standard InChI is InChI=1S/C20H21N3O2/c1-3-25-18-10-5-4-9-17(18)20(24)21-19-11-12-23(22-19)14-16-8-6-7-15(2)13-16/h4-13H,3,14H2,1-2H3,(H,21,22,24). The molecule has 0 radical (unpaired) electrons. The van der Waals surface area contributed by atoms with Gasteiger partial charge in [0.1, 0.15) is 5.75 Å². The van der Waals surface area contributed by atoms with Crippen molar-refractivity contribution in [1.29, 1.82) is 0 Å². The van der Waals surface area contributed by atoms with E-state index >= 15 is 0 Å². The summed E-state index contributed by atoms with van der Waals surface area (Å²) in [7, 11) is 0. The number of hydrogen-bond donors (Lipinski definition) is 1. The van der Waals surface area contributed by atoms with Gasteiger partial charge in [0.05, 0.1) is 18.7 Å². The minimum Gasteiger partial charge on any atom is -0.493 e. The summed E-state index contributed by atoms with van der Waals surface area (Å²) in [6.45, 7) is 5.12. The molecule has 2 aromatic carbocycles. The molecule has 0 bridgehead atoms. The molecule has 1 N–H and O–H groups in total. The Morgan fingerprint density at radius 2 is 2.00 bits per heavy atom. The van der Waals surface area contributed by atoms with Gasteiger partial charge in [0.2, 0.25) is 0 Å². The SMILES string of the molecule is CCOc1ccccc1C(=O)Nc1ccn(Cc2cccc(C)c2)n1. The minimum absolute atomic E-state index is 0.232. The van der Waals surface area contributed by atoms with Gasteiger partial charge in [0.25, 0.3) is 5.91 Å². The van der Waals surface area contributed by atoms with Crippen molar-refractivity contribution >= 4 is 11.7 Å². The molecule has 0 aliphatic rings. The van der Waals surface area contributed by atoms with Gasteiger partial charge in [0, 0.05) is 12.3 Å². The molecule has 1 aromatic heterocycles. The van der Waals surface area contributed by atoms with Crippen LogP contribution in [-0.4, -0.2) is 22.3 Å². The van der Waals surface area contributed by atoms with E-state index in [1.54, 1.807) is 22.9 Å². The van der Waals surface area contributed by atoms with Crippen LogP contribution in [0.5, 0.6) is 5.75 Å². The van der Waals surface area contributed by atoms with Crippen LogP contribution in [0.2, 0.25) is 0 Å². The molecule has 1 amide bonds. The Bertz CT molecular complexity index is 871. The van der Waals surface area contributed by atoms with Crippen molar-refractivity contribution in [2.75, 3.05) is 11.9 Å². The number of para-hydroxylation sites is 1. The van der Waals surface area contributed by atoms with Crippen LogP contribution in [-0.2, 0) is 6.54 Å². The number of carbonyl (C=O) groups is 1. The molecule has 0 atom stereocenters. The molecule has 0 saturated heterocycles. The molecule has 3 aromatic rings. The second kappa shape index (κ2) is 7.66. The summed E-state index contributed by atoms with van der Waals surface area (Å²) in [5.41, 5.74) is 2.88. The maximum Gasteiger partial charge on any atom is 0.260 e. The smallest absolute Gasteiger partial charge is 0.260 e. The number of hydrogen-bond acceptors (Lipinski definition) is 3. The first-order valence-electron chi connectivity index (χ1n) is 8.28. The van der Waals surface area contributed by atoms with Crippen molar-refractivity contribution in [3.05, 3.63) is 77.5 Å². The maximum atomic E-state index is 12.5. The van der Waals surface area contributed by atoms with Gasteiger partial charge in [-0.2, -0.15) is 5.10 Å². The number of aromatic nitrogens is 2. The number of carbonyl (C=O) groups excluding carboxylic acids is 1. The van der Waals surface area contributed by atoms with Gasteiger partial charge in [-0.05, 0) is 31.5 Å². The molecule has 5 heteroatoms. The lowest BCUT2D eigenvalue weighted by Crippen LogP contribution is -2.14. The van der Waals surface area contributed by atoms with Gasteiger partial charge in [-0.1, -0.05) is 42.0 Å². The fourth-order valence-electron chi connectivity index (χ4n) is 2.63. The first-order chi connectivity index (χ1) is 12.2. The van der Waals surface area contributed by atoms with E-state index in [-0.39, 0.29) is 5.91 Å². The number of amides is 1. The van der Waals surface area contributed by atoms with Crippen molar-refractivity contribution < 1.29 is 9.53 Å². The summed E-state index contributed by atoms with van der Waals surface area (Å²) in [4.78, 5) is 12.5. The molecule has 0 aliphatic carbocycles. The minimum atomic E-state index is -0.232. The van der Waals surface area contributed by atoms with E-state index in [0.29, 0.717) is 30.3 Å². The van der Waals surface area contributed by atoms with Crippen LogP contribution in [0.3, 0.4) is 0 Å². The van der Waals surface area contributed by atoms with E-state index in [0.717, 1.165) is 0 Å². The summed E-state index contributed by atoms with van der Waals surface area (Å²) in [6.07, 6.45) is 1.85. The largest absolute Gasteiger partial charge is 0.493 e. The number of anilines is 1. The molecular weight excluding hydrogens is 314 g/mol. The highest BCUT2D eigenvalue weighted by Crippen LogP contribution is 2.19. The average molecular weight is 335 g/mol. The number of nitrogens with zero attached hydrogens (tertiary/aromatic N) is 2. The van der Waals surface area contributed by atoms with Gasteiger partial charge >= 0.3 is 0 Å². The summed E-state index contributed by atoms with van der Waals surface area (Å²) in [5.74, 6) is 0.857. The molecule has 0 spiro atoms. The molecule has 3 rings (SSSR count). The molecule has 128 valence electrons. The monoisotopic (exact) mass is 335 g/mol. The van der Waals surface area contributed by atoms with Crippen LogP contribution in [0, 0.1) is 6.92 Å². The quantitative estimate of drug-likeness (QED) is 0.743. The number of aryl methyl sites for hydroxylation is 1. The zero-order chi connectivity index (χ0) is 17.6. The third kappa shape index (κ3) is 4.26. The zero-order valence-electron chi connectivity index (χ0n) is 14.4. The highest BCUT2D eigenvalue weighted by atomic mass is 16.5. The Hall–Kier alpha value is -3.08. The fourth-order valence-corrected chi connectivity index (χ4v) is 2.63. The second-order valence-corrected chi connectivity index (χ2v) is 5.77.